The van der Waals surface area contributed by atoms with Crippen molar-refractivity contribution in [2.24, 2.45) is 23.2 Å². The highest BCUT2D eigenvalue weighted by atomic mass is 19.3. The summed E-state index contributed by atoms with van der Waals surface area (Å²) in [5.74, 6) is -0.386. The van der Waals surface area contributed by atoms with E-state index < -0.39 is 5.92 Å². The Bertz CT molecular complexity index is 1330. The Labute approximate surface area is 225 Å². The highest BCUT2D eigenvalue weighted by molar-refractivity contribution is 5.82. The Hall–Kier alpha value is -1.85. The van der Waals surface area contributed by atoms with Crippen molar-refractivity contribution in [3.05, 3.63) is 53.9 Å². The summed E-state index contributed by atoms with van der Waals surface area (Å²) in [6, 6.07) is 9.35. The molecular weight excluding hydrogens is 478 g/mol. The number of likely N-dealkylation sites (tertiary alicyclic amines) is 1. The minimum atomic E-state index is -2.53. The van der Waals surface area contributed by atoms with Crippen LogP contribution in [0.5, 0.6) is 0 Å². The zero-order chi connectivity index (χ0) is 25.9. The lowest BCUT2D eigenvalue weighted by Gasteiger charge is -2.60. The summed E-state index contributed by atoms with van der Waals surface area (Å²) >= 11 is 0. The van der Waals surface area contributed by atoms with Crippen LogP contribution < -0.4 is 0 Å². The van der Waals surface area contributed by atoms with Crippen molar-refractivity contribution < 1.29 is 13.5 Å². The Kier molecular flexibility index (Phi) is 4.97. The first-order valence-electron chi connectivity index (χ1n) is 15.1. The third-order valence-electron chi connectivity index (χ3n) is 12.2. The number of fused-ring (bicyclic) bond motifs is 2. The second-order valence-corrected chi connectivity index (χ2v) is 14.1. The van der Waals surface area contributed by atoms with Gasteiger partial charge in [-0.1, -0.05) is 32.1 Å². The van der Waals surface area contributed by atoms with Crippen LogP contribution in [0.4, 0.5) is 8.78 Å². The van der Waals surface area contributed by atoms with Crippen molar-refractivity contribution in [1.82, 2.24) is 9.88 Å². The molecule has 2 aromatic rings. The van der Waals surface area contributed by atoms with E-state index in [9.17, 15) is 8.78 Å². The number of halogens is 2. The van der Waals surface area contributed by atoms with Gasteiger partial charge in [-0.25, -0.2) is 8.78 Å². The maximum absolute atomic E-state index is 14.1. The standard InChI is InChI=1S/C33H40F2N2O/c1-21-17-30(2)27(23-4-3-22-9-13-36-19-24(22)15-23)7-8-29(30)33-11-10-31(38-33)18-26(6-5-25(31)16-28(21)33)37-14-12-32(34,35)20-37/h3-4,9,13,15-16,19,21,26-29H,5-8,10-12,14,17-18,20H2,1-2H3/t21?,26-,27?,28?,29-,30?,31-,33-/m1/s1. The van der Waals surface area contributed by atoms with E-state index in [4.69, 9.17) is 4.74 Å². The molecule has 8 atom stereocenters. The van der Waals surface area contributed by atoms with E-state index in [0.717, 1.165) is 32.1 Å². The van der Waals surface area contributed by atoms with Gasteiger partial charge in [0.15, 0.2) is 0 Å². The van der Waals surface area contributed by atoms with Crippen molar-refractivity contribution in [2.45, 2.75) is 101 Å². The van der Waals surface area contributed by atoms with Gasteiger partial charge in [-0.2, -0.15) is 0 Å². The number of hydrogen-bond donors (Lipinski definition) is 0. The molecule has 5 fully saturated rings. The van der Waals surface area contributed by atoms with Crippen LogP contribution in [0, 0.1) is 23.2 Å². The van der Waals surface area contributed by atoms with Crippen LogP contribution in [-0.4, -0.2) is 46.1 Å². The quantitative estimate of drug-likeness (QED) is 0.385. The predicted molar refractivity (Wildman–Crippen MR) is 145 cm³/mol. The molecule has 6 aliphatic rings. The average Bonchev–Trinajstić information content (AvgIpc) is 3.54. The van der Waals surface area contributed by atoms with E-state index in [1.54, 1.807) is 0 Å². The minimum Gasteiger partial charge on any atom is -0.363 e. The molecule has 3 aliphatic heterocycles. The van der Waals surface area contributed by atoms with Gasteiger partial charge in [0.25, 0.3) is 5.92 Å². The number of aromatic nitrogens is 1. The van der Waals surface area contributed by atoms with Gasteiger partial charge in [0, 0.05) is 42.7 Å². The predicted octanol–water partition coefficient (Wildman–Crippen LogP) is 7.51. The Morgan fingerprint density at radius 2 is 1.92 bits per heavy atom. The van der Waals surface area contributed by atoms with Crippen molar-refractivity contribution in [2.75, 3.05) is 13.1 Å². The fraction of sp³-hybridized carbons (Fsp3) is 0.667. The monoisotopic (exact) mass is 518 g/mol. The van der Waals surface area contributed by atoms with E-state index in [-0.39, 0.29) is 35.6 Å². The molecule has 5 heteroatoms. The smallest absolute Gasteiger partial charge is 0.261 e. The molecule has 4 heterocycles. The third kappa shape index (κ3) is 3.21. The van der Waals surface area contributed by atoms with Crippen LogP contribution >= 0.6 is 0 Å². The molecule has 3 saturated carbocycles. The molecule has 4 unspecified atom stereocenters. The lowest BCUT2D eigenvalue weighted by atomic mass is 9.51. The molecular formula is C33H40F2N2O. The topological polar surface area (TPSA) is 25.4 Å². The van der Waals surface area contributed by atoms with Crippen LogP contribution in [0.15, 0.2) is 48.3 Å². The summed E-state index contributed by atoms with van der Waals surface area (Å²) in [7, 11) is 0. The van der Waals surface area contributed by atoms with E-state index in [1.165, 1.54) is 41.2 Å². The molecule has 2 spiro atoms. The first-order valence-corrected chi connectivity index (χ1v) is 15.1. The Balaban J connectivity index is 1.13. The molecule has 1 aromatic carbocycles. The molecule has 202 valence electrons. The Morgan fingerprint density at radius 1 is 1.03 bits per heavy atom. The lowest BCUT2D eigenvalue weighted by Crippen LogP contribution is -2.61. The summed E-state index contributed by atoms with van der Waals surface area (Å²) in [6.45, 7) is 5.49. The molecule has 1 aromatic heterocycles. The number of pyridine rings is 1. The average molecular weight is 519 g/mol. The number of ether oxygens (including phenoxy) is 1. The van der Waals surface area contributed by atoms with Crippen LogP contribution in [0.3, 0.4) is 0 Å². The zero-order valence-electron chi connectivity index (χ0n) is 22.8. The van der Waals surface area contributed by atoms with Gasteiger partial charge in [0.1, 0.15) is 0 Å². The fourth-order valence-corrected chi connectivity index (χ4v) is 10.7. The van der Waals surface area contributed by atoms with Crippen molar-refractivity contribution in [1.29, 1.82) is 0 Å². The minimum absolute atomic E-state index is 0.0102. The molecule has 0 N–H and O–H groups in total. The number of rotatable bonds is 2. The summed E-state index contributed by atoms with van der Waals surface area (Å²) in [5, 5.41) is 2.49. The number of nitrogens with zero attached hydrogens (tertiary/aromatic N) is 2. The third-order valence-corrected chi connectivity index (χ3v) is 12.2. The van der Waals surface area contributed by atoms with E-state index in [0.29, 0.717) is 30.2 Å². The SMILES string of the molecule is CC1CC2(C)C(c3ccc4ccncc4c3)CC[C@H]2[C@@]23CC[C@]4(C[C@H](N5CCC(F)(F)C5)CCC4=CC12)O3. The van der Waals surface area contributed by atoms with Gasteiger partial charge in [0.05, 0.1) is 17.7 Å². The first-order chi connectivity index (χ1) is 18.2. The van der Waals surface area contributed by atoms with Crippen molar-refractivity contribution in [3.8, 4) is 0 Å². The normalized spacial score (nSPS) is 45.5. The van der Waals surface area contributed by atoms with Gasteiger partial charge in [-0.05, 0) is 103 Å². The van der Waals surface area contributed by atoms with E-state index in [1.807, 2.05) is 12.4 Å². The molecule has 0 amide bonds. The van der Waals surface area contributed by atoms with Crippen LogP contribution in [-0.2, 0) is 4.74 Å². The van der Waals surface area contributed by atoms with Gasteiger partial charge >= 0.3 is 0 Å². The van der Waals surface area contributed by atoms with Gasteiger partial charge < -0.3 is 4.74 Å². The van der Waals surface area contributed by atoms with Crippen LogP contribution in [0.25, 0.3) is 10.8 Å². The highest BCUT2D eigenvalue weighted by Gasteiger charge is 2.70. The first kappa shape index (κ1) is 24.0. The van der Waals surface area contributed by atoms with E-state index in [2.05, 4.69) is 54.1 Å². The van der Waals surface area contributed by atoms with Crippen molar-refractivity contribution >= 4 is 10.8 Å². The maximum atomic E-state index is 14.1. The van der Waals surface area contributed by atoms with Gasteiger partial charge in [-0.3, -0.25) is 9.88 Å². The molecule has 3 nitrogen and oxygen atoms in total. The largest absolute Gasteiger partial charge is 0.363 e. The molecule has 3 aliphatic carbocycles. The summed E-state index contributed by atoms with van der Waals surface area (Å²) in [4.78, 5) is 6.47. The summed E-state index contributed by atoms with van der Waals surface area (Å²) in [6.07, 6.45) is 15.3. The highest BCUT2D eigenvalue weighted by Crippen LogP contribution is 2.71. The van der Waals surface area contributed by atoms with Crippen LogP contribution in [0.2, 0.25) is 0 Å². The second kappa shape index (κ2) is 7.87. The zero-order valence-corrected chi connectivity index (χ0v) is 22.8. The molecule has 8 rings (SSSR count). The number of alkyl halides is 2. The van der Waals surface area contributed by atoms with Crippen molar-refractivity contribution in [3.63, 3.8) is 0 Å². The lowest BCUT2D eigenvalue weighted by molar-refractivity contribution is -0.210. The molecule has 38 heavy (non-hydrogen) atoms. The fourth-order valence-electron chi connectivity index (χ4n) is 10.7. The number of benzene rings is 1. The van der Waals surface area contributed by atoms with E-state index >= 15 is 0 Å². The summed E-state index contributed by atoms with van der Waals surface area (Å²) in [5.41, 5.74) is 2.85. The summed E-state index contributed by atoms with van der Waals surface area (Å²) < 4.78 is 35.7. The maximum Gasteiger partial charge on any atom is 0.261 e. The Morgan fingerprint density at radius 3 is 2.76 bits per heavy atom. The molecule has 2 bridgehead atoms. The van der Waals surface area contributed by atoms with Crippen LogP contribution in [0.1, 0.15) is 83.1 Å². The van der Waals surface area contributed by atoms with Gasteiger partial charge in [0.2, 0.25) is 0 Å². The second-order valence-electron chi connectivity index (χ2n) is 14.1. The molecule has 0 radical (unpaired) electrons. The van der Waals surface area contributed by atoms with Gasteiger partial charge in [-0.15, -0.1) is 0 Å². The number of hydrogen-bond acceptors (Lipinski definition) is 3. The molecule has 2 saturated heterocycles.